The summed E-state index contributed by atoms with van der Waals surface area (Å²) in [5, 5.41) is 0. The van der Waals surface area contributed by atoms with Gasteiger partial charge < -0.3 is 4.74 Å². The maximum atomic E-state index is 13.5. The minimum Gasteiger partial charge on any atom is -0.451 e. The van der Waals surface area contributed by atoms with Gasteiger partial charge in [-0.1, -0.05) is 54.1 Å². The molecule has 5 aliphatic rings. The Labute approximate surface area is 197 Å². The van der Waals surface area contributed by atoms with Crippen molar-refractivity contribution in [2.45, 2.75) is 26.4 Å². The standard InChI is InChI=1S/C28H25NO5/c1-14-7-9-16(10-8-14)25(30)15(2)34-28(33)19-5-3-4-6-22(19)29-26(31)23-17-11-12-18(21-13-20(17)21)24(23)27(29)32/h3-12,15,17-18,20-21,23-24H,13H2,1-2H3. The Morgan fingerprint density at radius 3 is 2.12 bits per heavy atom. The maximum Gasteiger partial charge on any atom is 0.340 e. The zero-order valence-electron chi connectivity index (χ0n) is 19.0. The average Bonchev–Trinajstić information content (AvgIpc) is 3.62. The number of nitrogens with zero attached hydrogens (tertiary/aromatic N) is 1. The largest absolute Gasteiger partial charge is 0.451 e. The molecule has 2 bridgehead atoms. The van der Waals surface area contributed by atoms with E-state index in [1.54, 1.807) is 30.3 Å². The molecule has 1 saturated heterocycles. The number of para-hydroxylation sites is 1. The van der Waals surface area contributed by atoms with Crippen molar-refractivity contribution in [1.82, 2.24) is 0 Å². The molecule has 3 fully saturated rings. The van der Waals surface area contributed by atoms with Gasteiger partial charge in [0.25, 0.3) is 0 Å². The number of aryl methyl sites for hydroxylation is 1. The number of anilines is 1. The number of rotatable bonds is 5. The molecule has 2 amide bonds. The van der Waals surface area contributed by atoms with E-state index in [1.807, 2.05) is 19.1 Å². The van der Waals surface area contributed by atoms with E-state index in [4.69, 9.17) is 4.74 Å². The van der Waals surface area contributed by atoms with Crippen LogP contribution in [-0.4, -0.2) is 29.7 Å². The van der Waals surface area contributed by atoms with E-state index in [-0.39, 0.29) is 52.5 Å². The third-order valence-electron chi connectivity index (χ3n) is 8.02. The summed E-state index contributed by atoms with van der Waals surface area (Å²) in [6.45, 7) is 3.45. The highest BCUT2D eigenvalue weighted by Gasteiger charge is 2.67. The number of ether oxygens (including phenoxy) is 1. The smallest absolute Gasteiger partial charge is 0.340 e. The number of Topliss-reactive ketones (excluding diaryl/α,β-unsaturated/α-hetero) is 1. The van der Waals surface area contributed by atoms with E-state index < -0.39 is 12.1 Å². The first-order chi connectivity index (χ1) is 16.4. The molecule has 7 atom stereocenters. The number of esters is 1. The van der Waals surface area contributed by atoms with Crippen molar-refractivity contribution in [3.05, 3.63) is 77.4 Å². The highest BCUT2D eigenvalue weighted by molar-refractivity contribution is 6.24. The zero-order chi connectivity index (χ0) is 23.7. The van der Waals surface area contributed by atoms with Gasteiger partial charge in [0, 0.05) is 5.56 Å². The molecule has 1 aliphatic heterocycles. The summed E-state index contributed by atoms with van der Waals surface area (Å²) in [6, 6.07) is 13.5. The highest BCUT2D eigenvalue weighted by Crippen LogP contribution is 2.65. The number of benzene rings is 2. The third-order valence-corrected chi connectivity index (χ3v) is 8.02. The van der Waals surface area contributed by atoms with E-state index in [0.717, 1.165) is 12.0 Å². The van der Waals surface area contributed by atoms with Gasteiger partial charge in [-0.3, -0.25) is 14.4 Å². The second-order valence-corrected chi connectivity index (χ2v) is 9.96. The fourth-order valence-corrected chi connectivity index (χ4v) is 6.27. The summed E-state index contributed by atoms with van der Waals surface area (Å²) in [5.41, 5.74) is 1.82. The first-order valence-electron chi connectivity index (χ1n) is 11.8. The van der Waals surface area contributed by atoms with Gasteiger partial charge in [-0.15, -0.1) is 0 Å². The molecule has 0 N–H and O–H groups in total. The number of amides is 2. The van der Waals surface area contributed by atoms with Crippen molar-refractivity contribution in [3.8, 4) is 0 Å². The van der Waals surface area contributed by atoms with Gasteiger partial charge in [0.05, 0.1) is 23.1 Å². The minimum absolute atomic E-state index is 0.104. The van der Waals surface area contributed by atoms with Crippen LogP contribution in [0.2, 0.25) is 0 Å². The first-order valence-corrected chi connectivity index (χ1v) is 11.8. The number of imide groups is 1. The van der Waals surface area contributed by atoms with Crippen molar-refractivity contribution >= 4 is 29.3 Å². The molecule has 2 aromatic carbocycles. The molecule has 1 heterocycles. The van der Waals surface area contributed by atoms with Gasteiger partial charge in [0.15, 0.2) is 6.10 Å². The number of ketones is 1. The summed E-state index contributed by atoms with van der Waals surface area (Å²) >= 11 is 0. The van der Waals surface area contributed by atoms with Crippen molar-refractivity contribution in [2.75, 3.05) is 4.90 Å². The topological polar surface area (TPSA) is 80.8 Å². The lowest BCUT2D eigenvalue weighted by Gasteiger charge is -2.37. The predicted octanol–water partition coefficient (Wildman–Crippen LogP) is 3.98. The van der Waals surface area contributed by atoms with Crippen molar-refractivity contribution < 1.29 is 23.9 Å². The summed E-state index contributed by atoms with van der Waals surface area (Å²) in [7, 11) is 0. The second-order valence-electron chi connectivity index (χ2n) is 9.96. The Bertz CT molecular complexity index is 1230. The summed E-state index contributed by atoms with van der Waals surface area (Å²) < 4.78 is 5.50. The molecule has 0 aromatic heterocycles. The Hall–Kier alpha value is -3.54. The van der Waals surface area contributed by atoms with Crippen molar-refractivity contribution in [2.24, 2.45) is 35.5 Å². The maximum absolute atomic E-state index is 13.5. The predicted molar refractivity (Wildman–Crippen MR) is 124 cm³/mol. The van der Waals surface area contributed by atoms with Crippen LogP contribution in [0.15, 0.2) is 60.7 Å². The highest BCUT2D eigenvalue weighted by atomic mass is 16.5. The van der Waals surface area contributed by atoms with Gasteiger partial charge >= 0.3 is 5.97 Å². The lowest BCUT2D eigenvalue weighted by molar-refractivity contribution is -0.124. The van der Waals surface area contributed by atoms with E-state index in [1.165, 1.54) is 17.9 Å². The molecule has 4 aliphatic carbocycles. The van der Waals surface area contributed by atoms with E-state index >= 15 is 0 Å². The Morgan fingerprint density at radius 2 is 1.50 bits per heavy atom. The SMILES string of the molecule is Cc1ccc(C(=O)C(C)OC(=O)c2ccccc2N2C(=O)C3C4C=CC(C5CC45)C3C2=O)cc1. The molecule has 6 nitrogen and oxygen atoms in total. The lowest BCUT2D eigenvalue weighted by Crippen LogP contribution is -2.40. The second kappa shape index (κ2) is 7.49. The van der Waals surface area contributed by atoms with Crippen LogP contribution in [0.4, 0.5) is 5.69 Å². The molecule has 2 aromatic rings. The normalized spacial score (nSPS) is 31.2. The van der Waals surface area contributed by atoms with Crippen LogP contribution in [0.5, 0.6) is 0 Å². The third kappa shape index (κ3) is 3.01. The van der Waals surface area contributed by atoms with E-state index in [0.29, 0.717) is 17.4 Å². The number of allylic oxidation sites excluding steroid dienone is 2. The van der Waals surface area contributed by atoms with Crippen LogP contribution in [0.1, 0.15) is 39.6 Å². The molecule has 34 heavy (non-hydrogen) atoms. The summed E-state index contributed by atoms with van der Waals surface area (Å²) in [4.78, 5) is 54.0. The number of carbonyl (C=O) groups excluding carboxylic acids is 4. The van der Waals surface area contributed by atoms with Crippen LogP contribution in [0.3, 0.4) is 0 Å². The zero-order valence-corrected chi connectivity index (χ0v) is 19.0. The van der Waals surface area contributed by atoms with Crippen molar-refractivity contribution in [3.63, 3.8) is 0 Å². The Kier molecular flexibility index (Phi) is 4.63. The Morgan fingerprint density at radius 1 is 0.912 bits per heavy atom. The monoisotopic (exact) mass is 455 g/mol. The van der Waals surface area contributed by atoms with E-state index in [9.17, 15) is 19.2 Å². The molecule has 7 unspecified atom stereocenters. The molecule has 0 radical (unpaired) electrons. The first kappa shape index (κ1) is 21.0. The van der Waals surface area contributed by atoms with Gasteiger partial charge in [0.2, 0.25) is 17.6 Å². The molecular formula is C28H25NO5. The summed E-state index contributed by atoms with van der Waals surface area (Å²) in [6.07, 6.45) is 4.31. The van der Waals surface area contributed by atoms with Crippen molar-refractivity contribution in [1.29, 1.82) is 0 Å². The molecule has 0 spiro atoms. The van der Waals surface area contributed by atoms with Crippen LogP contribution < -0.4 is 4.90 Å². The lowest BCUT2D eigenvalue weighted by atomic mass is 9.63. The van der Waals surface area contributed by atoms with Gasteiger partial charge in [-0.05, 0) is 56.1 Å². The van der Waals surface area contributed by atoms with Crippen LogP contribution in [-0.2, 0) is 14.3 Å². The van der Waals surface area contributed by atoms with Crippen LogP contribution >= 0.6 is 0 Å². The van der Waals surface area contributed by atoms with Crippen LogP contribution in [0.25, 0.3) is 0 Å². The fraction of sp³-hybridized carbons (Fsp3) is 0.357. The van der Waals surface area contributed by atoms with Gasteiger partial charge in [-0.2, -0.15) is 0 Å². The Balaban J connectivity index is 1.26. The molecule has 7 rings (SSSR count). The molecule has 6 heteroatoms. The molecule has 2 saturated carbocycles. The average molecular weight is 456 g/mol. The van der Waals surface area contributed by atoms with E-state index in [2.05, 4.69) is 12.2 Å². The van der Waals surface area contributed by atoms with Crippen LogP contribution in [0, 0.1) is 42.4 Å². The summed E-state index contributed by atoms with van der Waals surface area (Å²) in [5.74, 6) is -0.999. The quantitative estimate of drug-likeness (QED) is 0.295. The fourth-order valence-electron chi connectivity index (χ4n) is 6.27. The number of hydrogen-bond acceptors (Lipinski definition) is 5. The van der Waals surface area contributed by atoms with Gasteiger partial charge in [0.1, 0.15) is 0 Å². The minimum atomic E-state index is -1.01. The number of hydrogen-bond donors (Lipinski definition) is 0. The molecular weight excluding hydrogens is 430 g/mol. The number of carbonyl (C=O) groups is 4. The molecule has 172 valence electrons. The van der Waals surface area contributed by atoms with Gasteiger partial charge in [-0.25, -0.2) is 9.69 Å².